The summed E-state index contributed by atoms with van der Waals surface area (Å²) in [5.41, 5.74) is 1.74. The predicted molar refractivity (Wildman–Crippen MR) is 132 cm³/mol. The Morgan fingerprint density at radius 3 is 2.77 bits per heavy atom. The average molecular weight is 500 g/mol. The number of carbonyl (C=O) groups is 2. The Morgan fingerprint density at radius 2 is 2.06 bits per heavy atom. The number of nitrogens with zero attached hydrogens (tertiary/aromatic N) is 2. The van der Waals surface area contributed by atoms with E-state index < -0.39 is 12.0 Å². The van der Waals surface area contributed by atoms with Crippen molar-refractivity contribution in [2.45, 2.75) is 31.7 Å². The van der Waals surface area contributed by atoms with Crippen molar-refractivity contribution in [2.75, 3.05) is 25.0 Å². The maximum atomic E-state index is 12.0. The number of hydrogen-bond donors (Lipinski definition) is 4. The van der Waals surface area contributed by atoms with Gasteiger partial charge in [0, 0.05) is 25.9 Å². The molecule has 4 N–H and O–H groups in total. The second-order valence-electron chi connectivity index (χ2n) is 8.00. The monoisotopic (exact) mass is 499 g/mol. The van der Waals surface area contributed by atoms with Crippen LogP contribution in [-0.4, -0.2) is 53.7 Å². The van der Waals surface area contributed by atoms with Crippen LogP contribution >= 0.6 is 11.6 Å². The van der Waals surface area contributed by atoms with Gasteiger partial charge in [0.2, 0.25) is 5.91 Å². The number of benzene rings is 2. The summed E-state index contributed by atoms with van der Waals surface area (Å²) >= 11 is 6.10. The fourth-order valence-corrected chi connectivity index (χ4v) is 3.73. The molecule has 35 heavy (non-hydrogen) atoms. The van der Waals surface area contributed by atoms with Crippen molar-refractivity contribution in [3.8, 4) is 5.75 Å². The first-order valence-corrected chi connectivity index (χ1v) is 11.7. The molecule has 0 fully saturated rings. The summed E-state index contributed by atoms with van der Waals surface area (Å²) in [5, 5.41) is 18.7. The highest BCUT2D eigenvalue weighted by Gasteiger charge is 2.21. The van der Waals surface area contributed by atoms with Crippen LogP contribution in [0.3, 0.4) is 0 Å². The molecule has 3 aromatic rings. The lowest BCUT2D eigenvalue weighted by molar-refractivity contribution is -0.138. The molecule has 1 aromatic heterocycles. The summed E-state index contributed by atoms with van der Waals surface area (Å²) < 4.78 is 11.3. The molecule has 0 bridgehead atoms. The molecule has 1 atom stereocenters. The van der Waals surface area contributed by atoms with Gasteiger partial charge in [-0.2, -0.15) is 4.98 Å². The number of hydrogen-bond acceptors (Lipinski definition) is 8. The van der Waals surface area contributed by atoms with Crippen LogP contribution in [0.5, 0.6) is 5.75 Å². The number of fused-ring (bicyclic) bond motifs is 1. The van der Waals surface area contributed by atoms with Gasteiger partial charge in [-0.15, -0.1) is 0 Å². The zero-order valence-electron chi connectivity index (χ0n) is 18.9. The maximum Gasteiger partial charge on any atom is 0.326 e. The van der Waals surface area contributed by atoms with Crippen molar-refractivity contribution in [1.29, 1.82) is 0 Å². The smallest absolute Gasteiger partial charge is 0.326 e. The number of guanidine groups is 1. The van der Waals surface area contributed by atoms with E-state index >= 15 is 0 Å². The number of nitrogens with one attached hydrogen (secondary N) is 3. The molecule has 0 saturated carbocycles. The second kappa shape index (κ2) is 11.6. The van der Waals surface area contributed by atoms with Crippen LogP contribution in [0.1, 0.15) is 24.8 Å². The van der Waals surface area contributed by atoms with Crippen LogP contribution < -0.4 is 20.7 Å². The first-order valence-electron chi connectivity index (χ1n) is 11.3. The largest absolute Gasteiger partial charge is 0.494 e. The number of carbonyl (C=O) groups excluding carboxylic acids is 1. The van der Waals surface area contributed by atoms with E-state index in [1.807, 2.05) is 0 Å². The molecule has 184 valence electrons. The van der Waals surface area contributed by atoms with Crippen LogP contribution in [0.4, 0.5) is 6.01 Å². The maximum absolute atomic E-state index is 12.0. The third-order valence-electron chi connectivity index (χ3n) is 5.30. The summed E-state index contributed by atoms with van der Waals surface area (Å²) in [6.07, 6.45) is 2.06. The molecule has 0 aliphatic carbocycles. The number of ether oxygens (including phenoxy) is 1. The number of aliphatic carboxylic acids is 1. The lowest BCUT2D eigenvalue weighted by Crippen LogP contribution is -2.43. The van der Waals surface area contributed by atoms with Gasteiger partial charge in [0.25, 0.3) is 6.01 Å². The highest BCUT2D eigenvalue weighted by Crippen LogP contribution is 2.26. The van der Waals surface area contributed by atoms with Gasteiger partial charge in [-0.1, -0.05) is 29.8 Å². The van der Waals surface area contributed by atoms with Gasteiger partial charge in [-0.05, 0) is 42.7 Å². The van der Waals surface area contributed by atoms with Crippen LogP contribution in [-0.2, 0) is 16.0 Å². The number of amides is 1. The number of aliphatic imine (C=N–C) groups is 1. The van der Waals surface area contributed by atoms with E-state index in [9.17, 15) is 14.7 Å². The third-order valence-corrected chi connectivity index (χ3v) is 5.60. The van der Waals surface area contributed by atoms with Crippen LogP contribution in [0.2, 0.25) is 5.02 Å². The second-order valence-corrected chi connectivity index (χ2v) is 8.41. The SMILES string of the molecule is O=C(CCCOc1ccc(CC(Nc2nc3cccc(Cl)c3o2)C(=O)O)cc1)NC1=NCCCN1. The standard InChI is InChI=1S/C24H26ClN5O5/c25-17-4-1-5-18-21(17)35-24(28-18)29-19(22(32)33)14-15-7-9-16(10-8-15)34-13-2-6-20(31)30-23-26-11-3-12-27-23/h1,4-5,7-10,19H,2-3,6,11-14H2,(H,28,29)(H,32,33)(H2,26,27,30,31). The van der Waals surface area contributed by atoms with Gasteiger partial charge >= 0.3 is 5.97 Å². The minimum Gasteiger partial charge on any atom is -0.494 e. The fourth-order valence-electron chi connectivity index (χ4n) is 3.52. The van der Waals surface area contributed by atoms with Crippen LogP contribution in [0.15, 0.2) is 51.9 Å². The molecule has 1 aliphatic heterocycles. The molecular formula is C24H26ClN5O5. The van der Waals surface area contributed by atoms with E-state index in [0.717, 1.165) is 25.1 Å². The van der Waals surface area contributed by atoms with Crippen molar-refractivity contribution in [2.24, 2.45) is 4.99 Å². The van der Waals surface area contributed by atoms with Gasteiger partial charge in [-0.25, -0.2) is 4.79 Å². The highest BCUT2D eigenvalue weighted by molar-refractivity contribution is 6.34. The molecule has 0 saturated heterocycles. The van der Waals surface area contributed by atoms with Crippen molar-refractivity contribution in [3.63, 3.8) is 0 Å². The van der Waals surface area contributed by atoms with Crippen molar-refractivity contribution in [3.05, 3.63) is 53.1 Å². The molecule has 0 spiro atoms. The number of anilines is 1. The van der Waals surface area contributed by atoms with Crippen molar-refractivity contribution >= 4 is 46.6 Å². The summed E-state index contributed by atoms with van der Waals surface area (Å²) in [7, 11) is 0. The Balaban J connectivity index is 1.24. The number of halogens is 1. The molecule has 10 nitrogen and oxygen atoms in total. The number of aromatic nitrogens is 1. The lowest BCUT2D eigenvalue weighted by atomic mass is 10.1. The van der Waals surface area contributed by atoms with Gasteiger partial charge < -0.3 is 24.9 Å². The molecule has 1 aliphatic rings. The number of rotatable bonds is 10. The number of oxazole rings is 1. The summed E-state index contributed by atoms with van der Waals surface area (Å²) in [4.78, 5) is 32.2. The van der Waals surface area contributed by atoms with Crippen LogP contribution in [0.25, 0.3) is 11.1 Å². The normalized spacial score (nSPS) is 14.0. The van der Waals surface area contributed by atoms with Gasteiger partial charge in [0.15, 0.2) is 11.5 Å². The molecule has 1 unspecified atom stereocenters. The Bertz CT molecular complexity index is 1210. The zero-order chi connectivity index (χ0) is 24.6. The van der Waals surface area contributed by atoms with E-state index in [-0.39, 0.29) is 18.3 Å². The summed E-state index contributed by atoms with van der Waals surface area (Å²) in [6, 6.07) is 11.4. The predicted octanol–water partition coefficient (Wildman–Crippen LogP) is 3.21. The summed E-state index contributed by atoms with van der Waals surface area (Å²) in [6.45, 7) is 1.91. The molecule has 11 heteroatoms. The van der Waals surface area contributed by atoms with Crippen molar-refractivity contribution < 1.29 is 23.8 Å². The Morgan fingerprint density at radius 1 is 1.23 bits per heavy atom. The molecule has 0 radical (unpaired) electrons. The summed E-state index contributed by atoms with van der Waals surface area (Å²) in [5.74, 6) is 0.0320. The number of para-hydroxylation sites is 1. The van der Waals surface area contributed by atoms with Crippen molar-refractivity contribution in [1.82, 2.24) is 15.6 Å². The first kappa shape index (κ1) is 24.3. The van der Waals surface area contributed by atoms with E-state index in [2.05, 4.69) is 25.9 Å². The van der Waals surface area contributed by atoms with E-state index in [4.69, 9.17) is 20.8 Å². The zero-order valence-corrected chi connectivity index (χ0v) is 19.7. The first-order chi connectivity index (χ1) is 17.0. The van der Waals surface area contributed by atoms with E-state index in [1.165, 1.54) is 0 Å². The molecular weight excluding hydrogens is 474 g/mol. The van der Waals surface area contributed by atoms with Gasteiger partial charge in [-0.3, -0.25) is 15.1 Å². The van der Waals surface area contributed by atoms with Gasteiger partial charge in [0.1, 0.15) is 17.3 Å². The molecule has 2 aromatic carbocycles. The number of carboxylic acids is 1. The number of carboxylic acid groups (broad SMARTS) is 1. The van der Waals surface area contributed by atoms with E-state index in [0.29, 0.717) is 47.3 Å². The van der Waals surface area contributed by atoms with Gasteiger partial charge in [0.05, 0.1) is 11.6 Å². The minimum atomic E-state index is -1.04. The molecule has 2 heterocycles. The Labute approximate surface area is 206 Å². The fraction of sp³-hybridized carbons (Fsp3) is 0.333. The Hall–Kier alpha value is -3.79. The quantitative estimate of drug-likeness (QED) is 0.312. The Kier molecular flexibility index (Phi) is 8.04. The average Bonchev–Trinajstić information content (AvgIpc) is 3.27. The third kappa shape index (κ3) is 6.86. The molecule has 1 amide bonds. The lowest BCUT2D eigenvalue weighted by Gasteiger charge is -2.15. The molecule has 4 rings (SSSR count). The highest BCUT2D eigenvalue weighted by atomic mass is 35.5. The van der Waals surface area contributed by atoms with Crippen LogP contribution in [0, 0.1) is 0 Å². The minimum absolute atomic E-state index is 0.0934. The van der Waals surface area contributed by atoms with E-state index in [1.54, 1.807) is 42.5 Å². The topological polar surface area (TPSA) is 138 Å².